The predicted molar refractivity (Wildman–Crippen MR) is 79.1 cm³/mol. The summed E-state index contributed by atoms with van der Waals surface area (Å²) in [6, 6.07) is 6.36. The molecule has 20 heavy (non-hydrogen) atoms. The Hall–Kier alpha value is -0.680. The van der Waals surface area contributed by atoms with Crippen molar-refractivity contribution < 1.29 is 13.2 Å². The number of rotatable bonds is 4. The van der Waals surface area contributed by atoms with E-state index >= 15 is 0 Å². The van der Waals surface area contributed by atoms with Crippen LogP contribution in [-0.2, 0) is 5.41 Å². The van der Waals surface area contributed by atoms with Crippen molar-refractivity contribution in [2.45, 2.75) is 61.9 Å². The lowest BCUT2D eigenvalue weighted by Crippen LogP contribution is -2.42. The van der Waals surface area contributed by atoms with Crippen LogP contribution in [0.3, 0.4) is 0 Å². The van der Waals surface area contributed by atoms with Gasteiger partial charge >= 0.3 is 6.18 Å². The Morgan fingerprint density at radius 1 is 1.10 bits per heavy atom. The average molecular weight is 305 g/mol. The van der Waals surface area contributed by atoms with Gasteiger partial charge in [-0.05, 0) is 29.5 Å². The molecule has 1 aromatic rings. The lowest BCUT2D eigenvalue weighted by atomic mass is 9.87. The minimum Gasteiger partial charge on any atom is -0.326 e. The molecule has 0 heterocycles. The second-order valence-corrected chi connectivity index (χ2v) is 7.14. The first-order valence-corrected chi connectivity index (χ1v) is 7.53. The fraction of sp³-hybridized carbons (Fsp3) is 0.600. The molecular weight excluding hydrogens is 283 g/mol. The van der Waals surface area contributed by atoms with E-state index < -0.39 is 17.5 Å². The second-order valence-electron chi connectivity index (χ2n) is 5.93. The Bertz CT molecular complexity index is 420. The topological polar surface area (TPSA) is 26.0 Å². The van der Waals surface area contributed by atoms with E-state index in [1.54, 1.807) is 19.1 Å². The predicted octanol–water partition coefficient (Wildman–Crippen LogP) is 4.74. The fourth-order valence-corrected chi connectivity index (χ4v) is 2.88. The molecule has 1 rings (SSSR count). The van der Waals surface area contributed by atoms with Gasteiger partial charge in [-0.3, -0.25) is 0 Å². The van der Waals surface area contributed by atoms with E-state index in [4.69, 9.17) is 5.73 Å². The normalized spacial score (nSPS) is 16.0. The standard InChI is InChI=1S/C15H22F3NS/c1-5-12(19)13(15(16,17)18)20-11-8-6-10(7-9-11)14(2,3)4/h6-9,12-13H,5,19H2,1-4H3. The molecular formula is C15H22F3NS. The highest BCUT2D eigenvalue weighted by atomic mass is 32.2. The quantitative estimate of drug-likeness (QED) is 0.813. The van der Waals surface area contributed by atoms with E-state index in [1.165, 1.54) is 0 Å². The van der Waals surface area contributed by atoms with Gasteiger partial charge in [0.05, 0.1) is 0 Å². The van der Waals surface area contributed by atoms with E-state index in [0.717, 1.165) is 17.3 Å². The number of hydrogen-bond donors (Lipinski definition) is 1. The molecule has 0 spiro atoms. The van der Waals surface area contributed by atoms with Gasteiger partial charge in [0.1, 0.15) is 5.25 Å². The molecule has 114 valence electrons. The van der Waals surface area contributed by atoms with Crippen LogP contribution >= 0.6 is 11.8 Å². The molecule has 2 N–H and O–H groups in total. The first-order chi connectivity index (χ1) is 9.05. The maximum atomic E-state index is 13.0. The van der Waals surface area contributed by atoms with Gasteiger partial charge in [0.15, 0.2) is 0 Å². The minimum atomic E-state index is -4.29. The lowest BCUT2D eigenvalue weighted by Gasteiger charge is -2.25. The van der Waals surface area contributed by atoms with Crippen LogP contribution in [0, 0.1) is 0 Å². The smallest absolute Gasteiger partial charge is 0.326 e. The second kappa shape index (κ2) is 6.39. The van der Waals surface area contributed by atoms with Crippen LogP contribution in [0.5, 0.6) is 0 Å². The van der Waals surface area contributed by atoms with Gasteiger partial charge in [-0.15, -0.1) is 11.8 Å². The fourth-order valence-electron chi connectivity index (χ4n) is 1.79. The maximum Gasteiger partial charge on any atom is 0.402 e. The Morgan fingerprint density at radius 2 is 1.60 bits per heavy atom. The van der Waals surface area contributed by atoms with Gasteiger partial charge in [-0.1, -0.05) is 39.8 Å². The molecule has 2 atom stereocenters. The molecule has 0 amide bonds. The molecule has 1 nitrogen and oxygen atoms in total. The van der Waals surface area contributed by atoms with Crippen molar-refractivity contribution in [3.05, 3.63) is 29.8 Å². The third kappa shape index (κ3) is 4.70. The van der Waals surface area contributed by atoms with Gasteiger partial charge in [-0.25, -0.2) is 0 Å². The molecule has 5 heteroatoms. The van der Waals surface area contributed by atoms with Crippen LogP contribution in [-0.4, -0.2) is 17.5 Å². The van der Waals surface area contributed by atoms with E-state index in [0.29, 0.717) is 11.3 Å². The largest absolute Gasteiger partial charge is 0.402 e. The molecule has 1 aromatic carbocycles. The molecule has 0 bridgehead atoms. The average Bonchev–Trinajstić information content (AvgIpc) is 2.33. The van der Waals surface area contributed by atoms with Crippen LogP contribution < -0.4 is 5.73 Å². The Kier molecular flexibility index (Phi) is 5.55. The number of halogens is 3. The lowest BCUT2D eigenvalue weighted by molar-refractivity contribution is -0.132. The maximum absolute atomic E-state index is 13.0. The highest BCUT2D eigenvalue weighted by Gasteiger charge is 2.43. The van der Waals surface area contributed by atoms with Crippen LogP contribution in [0.4, 0.5) is 13.2 Å². The van der Waals surface area contributed by atoms with Crippen LogP contribution in [0.15, 0.2) is 29.2 Å². The molecule has 0 aliphatic rings. The van der Waals surface area contributed by atoms with Crippen molar-refractivity contribution in [1.82, 2.24) is 0 Å². The number of hydrogen-bond acceptors (Lipinski definition) is 2. The van der Waals surface area contributed by atoms with Crippen molar-refractivity contribution >= 4 is 11.8 Å². The zero-order chi connectivity index (χ0) is 15.6. The van der Waals surface area contributed by atoms with E-state index in [2.05, 4.69) is 20.8 Å². The van der Waals surface area contributed by atoms with Crippen molar-refractivity contribution in [3.63, 3.8) is 0 Å². The SMILES string of the molecule is CCC(N)C(Sc1ccc(C(C)(C)C)cc1)C(F)(F)F. The number of nitrogens with two attached hydrogens (primary N) is 1. The van der Waals surface area contributed by atoms with Gasteiger partial charge < -0.3 is 5.73 Å². The Balaban J connectivity index is 2.90. The molecule has 0 fully saturated rings. The minimum absolute atomic E-state index is 0.00749. The molecule has 2 unspecified atom stereocenters. The van der Waals surface area contributed by atoms with E-state index in [-0.39, 0.29) is 5.41 Å². The van der Waals surface area contributed by atoms with E-state index in [9.17, 15) is 13.2 Å². The molecule has 0 aliphatic heterocycles. The van der Waals surface area contributed by atoms with Crippen LogP contribution in [0.25, 0.3) is 0 Å². The summed E-state index contributed by atoms with van der Waals surface area (Å²) in [5, 5.41) is -1.56. The summed E-state index contributed by atoms with van der Waals surface area (Å²) in [5.41, 5.74) is 6.70. The summed E-state index contributed by atoms with van der Waals surface area (Å²) < 4.78 is 39.0. The zero-order valence-electron chi connectivity index (χ0n) is 12.3. The third-order valence-corrected chi connectivity index (χ3v) is 4.58. The summed E-state index contributed by atoms with van der Waals surface area (Å²) in [6.07, 6.45) is -3.99. The molecule has 0 aliphatic carbocycles. The molecule has 0 saturated carbocycles. The first kappa shape index (κ1) is 17.4. The molecule has 0 saturated heterocycles. The third-order valence-electron chi connectivity index (χ3n) is 3.17. The number of thioether (sulfide) groups is 1. The zero-order valence-corrected chi connectivity index (χ0v) is 13.1. The summed E-state index contributed by atoms with van der Waals surface area (Å²) in [5.74, 6) is 0. The summed E-state index contributed by atoms with van der Waals surface area (Å²) in [4.78, 5) is 0.601. The van der Waals surface area contributed by atoms with Gasteiger partial charge in [0.25, 0.3) is 0 Å². The summed E-state index contributed by atoms with van der Waals surface area (Å²) in [6.45, 7) is 7.88. The summed E-state index contributed by atoms with van der Waals surface area (Å²) in [7, 11) is 0. The van der Waals surface area contributed by atoms with Crippen molar-refractivity contribution in [2.24, 2.45) is 5.73 Å². The van der Waals surface area contributed by atoms with Crippen LogP contribution in [0.1, 0.15) is 39.7 Å². The van der Waals surface area contributed by atoms with Gasteiger partial charge in [0, 0.05) is 10.9 Å². The summed E-state index contributed by atoms with van der Waals surface area (Å²) >= 11 is 0.798. The number of alkyl halides is 3. The van der Waals surface area contributed by atoms with Gasteiger partial charge in [0.2, 0.25) is 0 Å². The Labute approximate surface area is 123 Å². The first-order valence-electron chi connectivity index (χ1n) is 6.65. The van der Waals surface area contributed by atoms with Crippen LogP contribution in [0.2, 0.25) is 0 Å². The van der Waals surface area contributed by atoms with Crippen molar-refractivity contribution in [1.29, 1.82) is 0 Å². The Morgan fingerprint density at radius 3 is 1.95 bits per heavy atom. The van der Waals surface area contributed by atoms with E-state index in [1.807, 2.05) is 12.1 Å². The van der Waals surface area contributed by atoms with Crippen molar-refractivity contribution in [3.8, 4) is 0 Å². The number of benzene rings is 1. The van der Waals surface area contributed by atoms with Gasteiger partial charge in [-0.2, -0.15) is 13.2 Å². The molecule has 0 radical (unpaired) electrons. The monoisotopic (exact) mass is 305 g/mol. The highest BCUT2D eigenvalue weighted by Crippen LogP contribution is 2.38. The van der Waals surface area contributed by atoms with Crippen molar-refractivity contribution in [2.75, 3.05) is 0 Å². The molecule has 0 aromatic heterocycles. The highest BCUT2D eigenvalue weighted by molar-refractivity contribution is 8.00.